The molecule has 0 heterocycles. The Morgan fingerprint density at radius 1 is 0.419 bits per heavy atom. The van der Waals surface area contributed by atoms with Gasteiger partial charge in [-0.25, -0.2) is 19.6 Å². The summed E-state index contributed by atoms with van der Waals surface area (Å²) in [7, 11) is 0. The van der Waals surface area contributed by atoms with Crippen molar-refractivity contribution < 1.29 is 19.6 Å². The fraction of sp³-hybridized carbons (Fsp3) is 1.00. The van der Waals surface area contributed by atoms with Crippen LogP contribution >= 0.6 is 0 Å². The normalized spacial score (nSPS) is 22.0. The Bertz CT molecular complexity index is 686. The highest BCUT2D eigenvalue weighted by Crippen LogP contribution is 2.63. The number of hydrogen-bond donors (Lipinski definition) is 0. The molecule has 4 nitrogen and oxygen atoms in total. The molecule has 0 aromatic heterocycles. The van der Waals surface area contributed by atoms with E-state index in [-0.39, 0.29) is 16.6 Å². The largest absolute Gasteiger partial charge is 0.230 e. The van der Waals surface area contributed by atoms with Gasteiger partial charge in [0.2, 0.25) is 0 Å². The van der Waals surface area contributed by atoms with E-state index < -0.39 is 11.2 Å². The molecule has 0 radical (unpaired) electrons. The van der Waals surface area contributed by atoms with Gasteiger partial charge >= 0.3 is 0 Å². The molecule has 43 heavy (non-hydrogen) atoms. The van der Waals surface area contributed by atoms with Crippen molar-refractivity contribution in [3.8, 4) is 0 Å². The van der Waals surface area contributed by atoms with Gasteiger partial charge in [-0.15, -0.1) is 0 Å². The molecule has 0 spiro atoms. The van der Waals surface area contributed by atoms with E-state index in [4.69, 9.17) is 19.6 Å². The molecule has 2 aliphatic rings. The molecule has 0 N–H and O–H groups in total. The van der Waals surface area contributed by atoms with Crippen molar-refractivity contribution in [3.05, 3.63) is 0 Å². The van der Waals surface area contributed by atoms with Crippen molar-refractivity contribution in [1.82, 2.24) is 0 Å². The molecule has 0 aliphatic heterocycles. The second kappa shape index (κ2) is 16.1. The van der Waals surface area contributed by atoms with Gasteiger partial charge in [0.05, 0.1) is 11.2 Å². The minimum atomic E-state index is -0.434. The fourth-order valence-electron chi connectivity index (χ4n) is 8.28. The molecule has 0 bridgehead atoms. The minimum Gasteiger partial charge on any atom is -0.230 e. The van der Waals surface area contributed by atoms with E-state index in [9.17, 15) is 0 Å². The molecule has 256 valence electrons. The van der Waals surface area contributed by atoms with Crippen molar-refractivity contribution in [1.29, 1.82) is 0 Å². The van der Waals surface area contributed by atoms with Crippen LogP contribution in [0.1, 0.15) is 212 Å². The average molecular weight is 609 g/mol. The van der Waals surface area contributed by atoms with Crippen molar-refractivity contribution in [2.45, 2.75) is 234 Å². The second-order valence-corrected chi connectivity index (χ2v) is 17.6. The van der Waals surface area contributed by atoms with E-state index >= 15 is 0 Å². The summed E-state index contributed by atoms with van der Waals surface area (Å²) in [6.45, 7) is 26.8. The van der Waals surface area contributed by atoms with Crippen LogP contribution < -0.4 is 0 Å². The lowest BCUT2D eigenvalue weighted by Gasteiger charge is -2.61. The van der Waals surface area contributed by atoms with Gasteiger partial charge in [-0.2, -0.15) is 0 Å². The zero-order chi connectivity index (χ0) is 32.5. The molecular formula is C39H76O4. The maximum absolute atomic E-state index is 6.86. The molecule has 0 unspecified atom stereocenters. The van der Waals surface area contributed by atoms with Gasteiger partial charge in [0.15, 0.2) is 0 Å². The Morgan fingerprint density at radius 3 is 0.884 bits per heavy atom. The summed E-state index contributed by atoms with van der Waals surface area (Å²) in [5.41, 5.74) is -1.07. The first-order valence-electron chi connectivity index (χ1n) is 18.7. The van der Waals surface area contributed by atoms with Crippen molar-refractivity contribution >= 4 is 0 Å². The minimum absolute atomic E-state index is 0.306. The quantitative estimate of drug-likeness (QED) is 0.115. The van der Waals surface area contributed by atoms with Gasteiger partial charge in [-0.3, -0.25) is 0 Å². The monoisotopic (exact) mass is 609 g/mol. The predicted octanol–water partition coefficient (Wildman–Crippen LogP) is 12.9. The van der Waals surface area contributed by atoms with Crippen LogP contribution in [-0.2, 0) is 19.6 Å². The lowest BCUT2D eigenvalue weighted by atomic mass is 9.50. The third-order valence-corrected chi connectivity index (χ3v) is 11.7. The summed E-state index contributed by atoms with van der Waals surface area (Å²) >= 11 is 0. The van der Waals surface area contributed by atoms with Crippen LogP contribution in [0.5, 0.6) is 0 Å². The fourth-order valence-corrected chi connectivity index (χ4v) is 8.28. The first-order chi connectivity index (χ1) is 20.0. The van der Waals surface area contributed by atoms with Crippen molar-refractivity contribution in [3.63, 3.8) is 0 Å². The molecule has 2 saturated carbocycles. The Balaban J connectivity index is 2.52. The lowest BCUT2D eigenvalue weighted by Crippen LogP contribution is -2.64. The standard InChI is InChI=1S/C39H76O4/c1-13-17-21-36(22-18-14-2)25-29-38(30-26-36,42-40-33(5,6)7)35(11,12)39(43-41-34(8,9)10)31-27-37(28-32-39,23-19-15-3)24-20-16-4/h13-32H2,1-12H3. The number of rotatable bonds is 18. The molecule has 0 atom stereocenters. The molecule has 2 aliphatic carbocycles. The molecule has 0 aromatic carbocycles. The zero-order valence-corrected chi connectivity index (χ0v) is 31.3. The maximum atomic E-state index is 6.86. The number of unbranched alkanes of at least 4 members (excludes halogenated alkanes) is 4. The molecule has 0 aromatic rings. The summed E-state index contributed by atoms with van der Waals surface area (Å²) in [4.78, 5) is 26.4. The van der Waals surface area contributed by atoms with Crippen LogP contribution in [0.15, 0.2) is 0 Å². The Kier molecular flexibility index (Phi) is 14.6. The predicted molar refractivity (Wildman–Crippen MR) is 183 cm³/mol. The van der Waals surface area contributed by atoms with E-state index in [1.54, 1.807) is 0 Å². The molecular weight excluding hydrogens is 532 g/mol. The van der Waals surface area contributed by atoms with Gasteiger partial charge in [-0.1, -0.05) is 92.9 Å². The van der Waals surface area contributed by atoms with Gasteiger partial charge in [0.25, 0.3) is 0 Å². The van der Waals surface area contributed by atoms with Crippen LogP contribution in [0, 0.1) is 16.2 Å². The van der Waals surface area contributed by atoms with Crippen molar-refractivity contribution in [2.24, 2.45) is 16.2 Å². The average Bonchev–Trinajstić information content (AvgIpc) is 2.95. The van der Waals surface area contributed by atoms with Crippen LogP contribution in [0.25, 0.3) is 0 Å². The first kappa shape index (κ1) is 39.0. The number of hydrogen-bond acceptors (Lipinski definition) is 4. The molecule has 0 amide bonds. The van der Waals surface area contributed by atoms with Crippen LogP contribution in [0.4, 0.5) is 0 Å². The van der Waals surface area contributed by atoms with E-state index in [0.29, 0.717) is 10.8 Å². The summed E-state index contributed by atoms with van der Waals surface area (Å²) < 4.78 is 0. The molecule has 2 fully saturated rings. The van der Waals surface area contributed by atoms with E-state index in [0.717, 1.165) is 25.7 Å². The maximum Gasteiger partial charge on any atom is 0.112 e. The third-order valence-electron chi connectivity index (χ3n) is 11.7. The highest BCUT2D eigenvalue weighted by atomic mass is 17.2. The summed E-state index contributed by atoms with van der Waals surface area (Å²) in [6, 6.07) is 0. The third kappa shape index (κ3) is 10.4. The summed E-state index contributed by atoms with van der Waals surface area (Å²) in [5, 5.41) is 0. The van der Waals surface area contributed by atoms with Gasteiger partial charge in [0.1, 0.15) is 11.2 Å². The zero-order valence-electron chi connectivity index (χ0n) is 31.3. The smallest absolute Gasteiger partial charge is 0.112 e. The molecule has 2 rings (SSSR count). The first-order valence-corrected chi connectivity index (χ1v) is 18.7. The Morgan fingerprint density at radius 2 is 0.674 bits per heavy atom. The Labute approximate surface area is 269 Å². The summed E-state index contributed by atoms with van der Waals surface area (Å²) in [5.74, 6) is 0. The lowest BCUT2D eigenvalue weighted by molar-refractivity contribution is -0.477. The van der Waals surface area contributed by atoms with E-state index in [1.165, 1.54) is 103 Å². The second-order valence-electron chi connectivity index (χ2n) is 17.6. The molecule has 4 heteroatoms. The highest BCUT2D eigenvalue weighted by molar-refractivity contribution is 5.12. The van der Waals surface area contributed by atoms with E-state index in [2.05, 4.69) is 83.1 Å². The van der Waals surface area contributed by atoms with Gasteiger partial charge < -0.3 is 0 Å². The van der Waals surface area contributed by atoms with Gasteiger partial charge in [-0.05, 0) is 129 Å². The van der Waals surface area contributed by atoms with Crippen molar-refractivity contribution in [2.75, 3.05) is 0 Å². The van der Waals surface area contributed by atoms with E-state index in [1.807, 2.05) is 0 Å². The highest BCUT2D eigenvalue weighted by Gasteiger charge is 2.64. The van der Waals surface area contributed by atoms with Gasteiger partial charge in [0, 0.05) is 5.41 Å². The topological polar surface area (TPSA) is 36.9 Å². The summed E-state index contributed by atoms with van der Waals surface area (Å²) in [6.07, 6.45) is 24.6. The van der Waals surface area contributed by atoms with Crippen LogP contribution in [-0.4, -0.2) is 22.4 Å². The molecule has 0 saturated heterocycles. The Hall–Kier alpha value is -0.160. The SMILES string of the molecule is CCCCC1(CCCC)CCC(OOC(C)(C)C)(C(C)(C)C2(OOC(C)(C)C)CCC(CCCC)(CCCC)CC2)CC1. The van der Waals surface area contributed by atoms with Crippen LogP contribution in [0.2, 0.25) is 0 Å². The van der Waals surface area contributed by atoms with Crippen LogP contribution in [0.3, 0.4) is 0 Å².